The third kappa shape index (κ3) is 4.77. The molecule has 144 valence electrons. The minimum atomic E-state index is -0.211. The Morgan fingerprint density at radius 3 is 2.31 bits per heavy atom. The third-order valence-electron chi connectivity index (χ3n) is 4.24. The summed E-state index contributed by atoms with van der Waals surface area (Å²) in [6, 6.07) is 19.9. The van der Waals surface area contributed by atoms with Gasteiger partial charge in [0.05, 0.1) is 11.4 Å². The van der Waals surface area contributed by atoms with Crippen LogP contribution < -0.4 is 10.6 Å². The van der Waals surface area contributed by atoms with E-state index in [2.05, 4.69) is 15.7 Å². The normalized spacial score (nSPS) is 10.5. The molecule has 0 spiro atoms. The summed E-state index contributed by atoms with van der Waals surface area (Å²) in [5.74, 6) is -0.381. The van der Waals surface area contributed by atoms with Gasteiger partial charge >= 0.3 is 0 Å². The second kappa shape index (κ2) is 8.53. The van der Waals surface area contributed by atoms with Gasteiger partial charge in [-0.05, 0) is 53.4 Å². The molecule has 6 nitrogen and oxygen atoms in total. The fourth-order valence-electron chi connectivity index (χ4n) is 2.82. The zero-order valence-electron chi connectivity index (χ0n) is 15.4. The molecule has 2 N–H and O–H groups in total. The number of carbonyl (C=O) groups is 2. The number of hydrogen-bond acceptors (Lipinski definition) is 4. The lowest BCUT2D eigenvalue weighted by Gasteiger charge is -2.09. The number of hydrogen-bond donors (Lipinski definition) is 2. The highest BCUT2D eigenvalue weighted by molar-refractivity contribution is 7.12. The van der Waals surface area contributed by atoms with Crippen LogP contribution >= 0.6 is 11.3 Å². The van der Waals surface area contributed by atoms with Gasteiger partial charge in [0.2, 0.25) is 0 Å². The van der Waals surface area contributed by atoms with Crippen LogP contribution in [0.5, 0.6) is 0 Å². The molecular formula is C22H18N4O2S. The molecule has 2 aromatic heterocycles. The quantitative estimate of drug-likeness (QED) is 0.499. The zero-order valence-corrected chi connectivity index (χ0v) is 16.2. The second-order valence-corrected chi connectivity index (χ2v) is 7.31. The molecule has 0 radical (unpaired) electrons. The highest BCUT2D eigenvalue weighted by atomic mass is 32.1. The van der Waals surface area contributed by atoms with Crippen molar-refractivity contribution in [1.29, 1.82) is 0 Å². The van der Waals surface area contributed by atoms with Crippen LogP contribution in [-0.2, 0) is 6.54 Å². The van der Waals surface area contributed by atoms with Gasteiger partial charge in [-0.15, -0.1) is 11.3 Å². The maximum atomic E-state index is 12.5. The van der Waals surface area contributed by atoms with Crippen LogP contribution in [0.15, 0.2) is 84.5 Å². The average Bonchev–Trinajstić information content (AvgIpc) is 3.43. The summed E-state index contributed by atoms with van der Waals surface area (Å²) in [5.41, 5.74) is 2.85. The first kappa shape index (κ1) is 18.6. The molecule has 0 atom stereocenters. The summed E-state index contributed by atoms with van der Waals surface area (Å²) < 4.78 is 1.82. The van der Waals surface area contributed by atoms with E-state index in [9.17, 15) is 9.59 Å². The molecule has 0 aliphatic heterocycles. The van der Waals surface area contributed by atoms with Crippen LogP contribution in [0.1, 0.15) is 25.6 Å². The Bertz CT molecular complexity index is 1100. The molecule has 0 aliphatic carbocycles. The summed E-state index contributed by atoms with van der Waals surface area (Å²) in [4.78, 5) is 25.4. The lowest BCUT2D eigenvalue weighted by molar-refractivity contribution is 0.102. The fourth-order valence-corrected chi connectivity index (χ4v) is 3.44. The molecule has 2 amide bonds. The van der Waals surface area contributed by atoms with E-state index in [0.29, 0.717) is 28.4 Å². The van der Waals surface area contributed by atoms with Gasteiger partial charge in [-0.2, -0.15) is 5.10 Å². The lowest BCUT2D eigenvalue weighted by Crippen LogP contribution is -2.13. The predicted molar refractivity (Wildman–Crippen MR) is 114 cm³/mol. The van der Waals surface area contributed by atoms with Gasteiger partial charge in [0.1, 0.15) is 0 Å². The first-order valence-corrected chi connectivity index (χ1v) is 9.88. The minimum Gasteiger partial charge on any atom is -0.322 e. The molecule has 0 aliphatic rings. The topological polar surface area (TPSA) is 76.0 Å². The number of aromatic nitrogens is 2. The monoisotopic (exact) mass is 402 g/mol. The van der Waals surface area contributed by atoms with Gasteiger partial charge in [0, 0.05) is 29.3 Å². The molecule has 0 saturated carbocycles. The van der Waals surface area contributed by atoms with Gasteiger partial charge in [-0.3, -0.25) is 14.3 Å². The second-order valence-electron chi connectivity index (χ2n) is 6.37. The van der Waals surface area contributed by atoms with E-state index in [1.165, 1.54) is 11.3 Å². The van der Waals surface area contributed by atoms with Crippen molar-refractivity contribution in [2.45, 2.75) is 6.54 Å². The summed E-state index contributed by atoms with van der Waals surface area (Å²) in [5, 5.41) is 11.7. The Balaban J connectivity index is 1.39. The lowest BCUT2D eigenvalue weighted by atomic mass is 10.1. The summed E-state index contributed by atoms with van der Waals surface area (Å²) in [7, 11) is 0. The molecule has 0 saturated heterocycles. The SMILES string of the molecule is O=C(Nc1cccc(NC(=O)c2cccs2)c1)c1ccc(Cn2cccn2)cc1. The summed E-state index contributed by atoms with van der Waals surface area (Å²) in [6.45, 7) is 0.654. The zero-order chi connectivity index (χ0) is 20.1. The van der Waals surface area contributed by atoms with Crippen molar-refractivity contribution < 1.29 is 9.59 Å². The van der Waals surface area contributed by atoms with Crippen molar-refractivity contribution in [2.24, 2.45) is 0 Å². The Morgan fingerprint density at radius 1 is 0.897 bits per heavy atom. The minimum absolute atomic E-state index is 0.170. The number of rotatable bonds is 6. The fraction of sp³-hybridized carbons (Fsp3) is 0.0455. The average molecular weight is 402 g/mol. The number of nitrogens with zero attached hydrogens (tertiary/aromatic N) is 2. The number of nitrogens with one attached hydrogen (secondary N) is 2. The number of carbonyl (C=O) groups excluding carboxylic acids is 2. The first-order valence-electron chi connectivity index (χ1n) is 9.00. The van der Waals surface area contributed by atoms with Crippen molar-refractivity contribution in [3.05, 3.63) is 101 Å². The van der Waals surface area contributed by atoms with Crippen LogP contribution in [0.4, 0.5) is 11.4 Å². The van der Waals surface area contributed by atoms with Crippen molar-refractivity contribution in [1.82, 2.24) is 9.78 Å². The molecule has 2 aromatic carbocycles. The van der Waals surface area contributed by atoms with Gasteiger partial charge in [-0.1, -0.05) is 24.3 Å². The van der Waals surface area contributed by atoms with Crippen molar-refractivity contribution in [3.8, 4) is 0 Å². The van der Waals surface area contributed by atoms with E-state index in [-0.39, 0.29) is 11.8 Å². The van der Waals surface area contributed by atoms with Gasteiger partial charge in [-0.25, -0.2) is 0 Å². The van der Waals surface area contributed by atoms with E-state index < -0.39 is 0 Å². The van der Waals surface area contributed by atoms with Gasteiger partial charge < -0.3 is 10.6 Å². The molecule has 0 bridgehead atoms. The standard InChI is InChI=1S/C22H18N4O2S/c27-21(17-9-7-16(8-10-17)15-26-12-3-11-23-26)24-18-4-1-5-19(14-18)25-22(28)20-6-2-13-29-20/h1-14H,15H2,(H,24,27)(H,25,28). The van der Waals surface area contributed by atoms with Crippen LogP contribution in [0, 0.1) is 0 Å². The molecule has 4 aromatic rings. The number of amides is 2. The van der Waals surface area contributed by atoms with Crippen molar-refractivity contribution in [2.75, 3.05) is 10.6 Å². The van der Waals surface area contributed by atoms with Crippen LogP contribution in [-0.4, -0.2) is 21.6 Å². The van der Waals surface area contributed by atoms with E-state index in [4.69, 9.17) is 0 Å². The molecular weight excluding hydrogens is 384 g/mol. The van der Waals surface area contributed by atoms with E-state index in [0.717, 1.165) is 5.56 Å². The number of anilines is 2. The largest absolute Gasteiger partial charge is 0.322 e. The highest BCUT2D eigenvalue weighted by Crippen LogP contribution is 2.18. The van der Waals surface area contributed by atoms with Crippen LogP contribution in [0.2, 0.25) is 0 Å². The van der Waals surface area contributed by atoms with Gasteiger partial charge in [0.25, 0.3) is 11.8 Å². The van der Waals surface area contributed by atoms with Crippen LogP contribution in [0.25, 0.3) is 0 Å². The van der Waals surface area contributed by atoms with E-state index in [1.54, 1.807) is 48.7 Å². The molecule has 7 heteroatoms. The molecule has 2 heterocycles. The Morgan fingerprint density at radius 2 is 1.66 bits per heavy atom. The third-order valence-corrected chi connectivity index (χ3v) is 5.11. The maximum absolute atomic E-state index is 12.5. The Hall–Kier alpha value is -3.71. The summed E-state index contributed by atoms with van der Waals surface area (Å²) >= 11 is 1.38. The van der Waals surface area contributed by atoms with Crippen molar-refractivity contribution >= 4 is 34.5 Å². The summed E-state index contributed by atoms with van der Waals surface area (Å²) in [6.07, 6.45) is 3.63. The molecule has 4 rings (SSSR count). The van der Waals surface area contributed by atoms with Crippen molar-refractivity contribution in [3.63, 3.8) is 0 Å². The molecule has 0 unspecified atom stereocenters. The van der Waals surface area contributed by atoms with Crippen LogP contribution in [0.3, 0.4) is 0 Å². The van der Waals surface area contributed by atoms with E-state index in [1.807, 2.05) is 40.5 Å². The highest BCUT2D eigenvalue weighted by Gasteiger charge is 2.09. The van der Waals surface area contributed by atoms with Gasteiger partial charge in [0.15, 0.2) is 0 Å². The maximum Gasteiger partial charge on any atom is 0.265 e. The molecule has 29 heavy (non-hydrogen) atoms. The number of benzene rings is 2. The Kier molecular flexibility index (Phi) is 5.49. The predicted octanol–water partition coefficient (Wildman–Crippen LogP) is 4.50. The Labute approximate surface area is 171 Å². The smallest absolute Gasteiger partial charge is 0.265 e. The molecule has 0 fully saturated rings. The van der Waals surface area contributed by atoms with E-state index >= 15 is 0 Å². The number of thiophene rings is 1. The first-order chi connectivity index (χ1) is 14.2.